The van der Waals surface area contributed by atoms with Crippen molar-refractivity contribution in [3.05, 3.63) is 28.9 Å². The van der Waals surface area contributed by atoms with Crippen molar-refractivity contribution in [2.45, 2.75) is 32.7 Å². The Labute approximate surface area is 106 Å². The fourth-order valence-electron chi connectivity index (χ4n) is 1.59. The number of nitrogens with one attached hydrogen (secondary N) is 1. The summed E-state index contributed by atoms with van der Waals surface area (Å²) >= 11 is 1.67. The van der Waals surface area contributed by atoms with E-state index in [4.69, 9.17) is 4.42 Å². The molecule has 3 nitrogen and oxygen atoms in total. The molecular formula is C13H18N2OS. The smallest absolute Gasteiger partial charge is 0.194 e. The molecule has 2 aromatic heterocycles. The SMILES string of the molecule is CC(C)NCCCc1ncc(-c2ccsc2)o1. The number of aromatic nitrogens is 1. The van der Waals surface area contributed by atoms with Crippen LogP contribution in [0.4, 0.5) is 0 Å². The van der Waals surface area contributed by atoms with Crippen LogP contribution in [0.1, 0.15) is 26.2 Å². The standard InChI is InChI=1S/C13H18N2OS/c1-10(2)14-6-3-4-13-15-8-12(16-13)11-5-7-17-9-11/h5,7-10,14H,3-4,6H2,1-2H3. The number of thiophene rings is 1. The van der Waals surface area contributed by atoms with Crippen molar-refractivity contribution in [1.82, 2.24) is 10.3 Å². The zero-order chi connectivity index (χ0) is 12.1. The second kappa shape index (κ2) is 5.98. The molecular weight excluding hydrogens is 232 g/mol. The normalized spacial score (nSPS) is 11.2. The van der Waals surface area contributed by atoms with Crippen molar-refractivity contribution in [1.29, 1.82) is 0 Å². The average Bonchev–Trinajstić information content (AvgIpc) is 2.94. The van der Waals surface area contributed by atoms with Crippen molar-refractivity contribution in [2.24, 2.45) is 0 Å². The Morgan fingerprint density at radius 1 is 1.47 bits per heavy atom. The van der Waals surface area contributed by atoms with Crippen LogP contribution >= 0.6 is 11.3 Å². The predicted molar refractivity (Wildman–Crippen MR) is 71.3 cm³/mol. The largest absolute Gasteiger partial charge is 0.441 e. The molecule has 1 N–H and O–H groups in total. The Morgan fingerprint density at radius 2 is 2.35 bits per heavy atom. The van der Waals surface area contributed by atoms with E-state index in [1.165, 1.54) is 0 Å². The van der Waals surface area contributed by atoms with Crippen LogP contribution < -0.4 is 5.32 Å². The maximum atomic E-state index is 5.70. The third-order valence-corrected chi connectivity index (χ3v) is 3.16. The number of hydrogen-bond acceptors (Lipinski definition) is 4. The summed E-state index contributed by atoms with van der Waals surface area (Å²) in [5.74, 6) is 1.70. The van der Waals surface area contributed by atoms with Crippen molar-refractivity contribution in [3.8, 4) is 11.3 Å². The molecule has 0 aromatic carbocycles. The fraction of sp³-hybridized carbons (Fsp3) is 0.462. The summed E-state index contributed by atoms with van der Waals surface area (Å²) < 4.78 is 5.70. The fourth-order valence-corrected chi connectivity index (χ4v) is 2.24. The summed E-state index contributed by atoms with van der Waals surface area (Å²) in [7, 11) is 0. The maximum Gasteiger partial charge on any atom is 0.194 e. The Morgan fingerprint density at radius 3 is 3.06 bits per heavy atom. The summed E-state index contributed by atoms with van der Waals surface area (Å²) in [6, 6.07) is 2.59. The van der Waals surface area contributed by atoms with E-state index < -0.39 is 0 Å². The van der Waals surface area contributed by atoms with Gasteiger partial charge in [0.05, 0.1) is 6.20 Å². The van der Waals surface area contributed by atoms with Crippen LogP contribution in [-0.2, 0) is 6.42 Å². The molecule has 0 atom stereocenters. The molecule has 92 valence electrons. The summed E-state index contributed by atoms with van der Waals surface area (Å²) in [6.45, 7) is 5.31. The minimum absolute atomic E-state index is 0.543. The van der Waals surface area contributed by atoms with Gasteiger partial charge in [0.25, 0.3) is 0 Å². The number of rotatable bonds is 6. The molecule has 0 spiro atoms. The molecule has 0 amide bonds. The van der Waals surface area contributed by atoms with Gasteiger partial charge < -0.3 is 9.73 Å². The van der Waals surface area contributed by atoms with Crippen LogP contribution in [0.3, 0.4) is 0 Å². The summed E-state index contributed by atoms with van der Waals surface area (Å²) in [4.78, 5) is 4.30. The third kappa shape index (κ3) is 3.68. The zero-order valence-electron chi connectivity index (χ0n) is 10.3. The second-order valence-corrected chi connectivity index (χ2v) is 5.12. The summed E-state index contributed by atoms with van der Waals surface area (Å²) in [5.41, 5.74) is 1.12. The van der Waals surface area contributed by atoms with Gasteiger partial charge in [-0.1, -0.05) is 13.8 Å². The van der Waals surface area contributed by atoms with Crippen LogP contribution in [0.2, 0.25) is 0 Å². The van der Waals surface area contributed by atoms with E-state index >= 15 is 0 Å². The molecule has 0 bridgehead atoms. The van der Waals surface area contributed by atoms with Gasteiger partial charge in [-0.3, -0.25) is 0 Å². The lowest BCUT2D eigenvalue weighted by molar-refractivity contribution is 0.484. The van der Waals surface area contributed by atoms with E-state index in [0.29, 0.717) is 6.04 Å². The van der Waals surface area contributed by atoms with Crippen LogP contribution in [0.15, 0.2) is 27.4 Å². The summed E-state index contributed by atoms with van der Waals surface area (Å²) in [6.07, 6.45) is 3.76. The monoisotopic (exact) mass is 250 g/mol. The quantitative estimate of drug-likeness (QED) is 0.799. The average molecular weight is 250 g/mol. The van der Waals surface area contributed by atoms with E-state index in [-0.39, 0.29) is 0 Å². The Hall–Kier alpha value is -1.13. The molecule has 2 heterocycles. The molecule has 0 saturated heterocycles. The van der Waals surface area contributed by atoms with Crippen LogP contribution in [-0.4, -0.2) is 17.6 Å². The molecule has 0 aliphatic carbocycles. The highest BCUT2D eigenvalue weighted by atomic mass is 32.1. The Kier molecular flexibility index (Phi) is 4.34. The second-order valence-electron chi connectivity index (χ2n) is 4.34. The third-order valence-electron chi connectivity index (χ3n) is 2.48. The lowest BCUT2D eigenvalue weighted by Gasteiger charge is -2.05. The van der Waals surface area contributed by atoms with Crippen molar-refractivity contribution >= 4 is 11.3 Å². The van der Waals surface area contributed by atoms with E-state index in [2.05, 4.69) is 35.6 Å². The van der Waals surface area contributed by atoms with Crippen molar-refractivity contribution < 1.29 is 4.42 Å². The minimum Gasteiger partial charge on any atom is -0.441 e. The number of oxazole rings is 1. The molecule has 17 heavy (non-hydrogen) atoms. The predicted octanol–water partition coefficient (Wildman–Crippen LogP) is 3.33. The maximum absolute atomic E-state index is 5.70. The van der Waals surface area contributed by atoms with Crippen molar-refractivity contribution in [2.75, 3.05) is 6.54 Å². The first-order chi connectivity index (χ1) is 8.25. The van der Waals surface area contributed by atoms with Crippen molar-refractivity contribution in [3.63, 3.8) is 0 Å². The Bertz CT molecular complexity index is 434. The molecule has 0 radical (unpaired) electrons. The highest BCUT2D eigenvalue weighted by Crippen LogP contribution is 2.22. The van der Waals surface area contributed by atoms with E-state index in [1.807, 2.05) is 11.6 Å². The summed E-state index contributed by atoms with van der Waals surface area (Å²) in [5, 5.41) is 7.50. The van der Waals surface area contributed by atoms with E-state index in [9.17, 15) is 0 Å². The Balaban J connectivity index is 1.83. The molecule has 0 saturated carbocycles. The highest BCUT2D eigenvalue weighted by molar-refractivity contribution is 7.08. The first kappa shape index (κ1) is 12.3. The van der Waals surface area contributed by atoms with Gasteiger partial charge in [-0.2, -0.15) is 11.3 Å². The molecule has 2 rings (SSSR count). The van der Waals surface area contributed by atoms with Gasteiger partial charge in [0.15, 0.2) is 11.7 Å². The first-order valence-electron chi connectivity index (χ1n) is 5.96. The molecule has 0 unspecified atom stereocenters. The molecule has 2 aromatic rings. The minimum atomic E-state index is 0.543. The molecule has 0 fully saturated rings. The topological polar surface area (TPSA) is 38.1 Å². The first-order valence-corrected chi connectivity index (χ1v) is 6.90. The van der Waals surface area contributed by atoms with Gasteiger partial charge in [0, 0.05) is 23.4 Å². The van der Waals surface area contributed by atoms with Crippen LogP contribution in [0.25, 0.3) is 11.3 Å². The number of nitrogens with zero attached hydrogens (tertiary/aromatic N) is 1. The van der Waals surface area contributed by atoms with Gasteiger partial charge in [0.2, 0.25) is 0 Å². The number of aryl methyl sites for hydroxylation is 1. The van der Waals surface area contributed by atoms with E-state index in [0.717, 1.165) is 36.6 Å². The highest BCUT2D eigenvalue weighted by Gasteiger charge is 2.06. The molecule has 0 aliphatic rings. The number of hydrogen-bond donors (Lipinski definition) is 1. The van der Waals surface area contributed by atoms with Gasteiger partial charge in [-0.25, -0.2) is 4.98 Å². The molecule has 4 heteroatoms. The zero-order valence-corrected chi connectivity index (χ0v) is 11.1. The van der Waals surface area contributed by atoms with Crippen LogP contribution in [0.5, 0.6) is 0 Å². The molecule has 0 aliphatic heterocycles. The van der Waals surface area contributed by atoms with Gasteiger partial charge >= 0.3 is 0 Å². The lowest BCUT2D eigenvalue weighted by atomic mass is 10.3. The van der Waals surface area contributed by atoms with Gasteiger partial charge in [-0.05, 0) is 24.4 Å². The lowest BCUT2D eigenvalue weighted by Crippen LogP contribution is -2.23. The van der Waals surface area contributed by atoms with E-state index in [1.54, 1.807) is 11.3 Å². The van der Waals surface area contributed by atoms with Gasteiger partial charge in [-0.15, -0.1) is 0 Å². The van der Waals surface area contributed by atoms with Gasteiger partial charge in [0.1, 0.15) is 0 Å². The van der Waals surface area contributed by atoms with Crippen LogP contribution in [0, 0.1) is 0 Å².